The summed E-state index contributed by atoms with van der Waals surface area (Å²) in [6.45, 7) is 2.51. The number of carbonyl (C=O) groups excluding carboxylic acids is 1. The van der Waals surface area contributed by atoms with Crippen LogP contribution >= 0.6 is 0 Å². The Kier molecular flexibility index (Phi) is 4.88. The first-order valence-electron chi connectivity index (χ1n) is 6.66. The number of carbonyl (C=O) groups is 1. The number of hydrogen-bond donors (Lipinski definition) is 0. The van der Waals surface area contributed by atoms with Crippen LogP contribution in [0.3, 0.4) is 0 Å². The summed E-state index contributed by atoms with van der Waals surface area (Å²) in [4.78, 5) is 11.3. The summed E-state index contributed by atoms with van der Waals surface area (Å²) in [5, 5.41) is 0. The van der Waals surface area contributed by atoms with Gasteiger partial charge in [0.25, 0.3) is 0 Å². The van der Waals surface area contributed by atoms with E-state index in [4.69, 9.17) is 4.74 Å². The third kappa shape index (κ3) is 3.44. The summed E-state index contributed by atoms with van der Waals surface area (Å²) in [6, 6.07) is 13.7. The molecule has 1 atom stereocenters. The van der Waals surface area contributed by atoms with E-state index in [-0.39, 0.29) is 11.7 Å². The highest BCUT2D eigenvalue weighted by atomic mass is 19.1. The predicted molar refractivity (Wildman–Crippen MR) is 76.5 cm³/mol. The van der Waals surface area contributed by atoms with E-state index in [2.05, 4.69) is 0 Å². The third-order valence-corrected chi connectivity index (χ3v) is 3.17. The van der Waals surface area contributed by atoms with Gasteiger partial charge >= 0.3 is 0 Å². The summed E-state index contributed by atoms with van der Waals surface area (Å²) in [6.07, 6.45) is 1.45. The Morgan fingerprint density at radius 3 is 2.50 bits per heavy atom. The summed E-state index contributed by atoms with van der Waals surface area (Å²) < 4.78 is 18.5. The van der Waals surface area contributed by atoms with Crippen molar-refractivity contribution in [3.05, 3.63) is 65.5 Å². The maximum Gasteiger partial charge on any atom is 0.127 e. The van der Waals surface area contributed by atoms with Gasteiger partial charge in [-0.25, -0.2) is 4.39 Å². The summed E-state index contributed by atoms with van der Waals surface area (Å²) in [7, 11) is 0. The highest BCUT2D eigenvalue weighted by molar-refractivity contribution is 5.63. The van der Waals surface area contributed by atoms with Gasteiger partial charge in [0.1, 0.15) is 17.9 Å². The number of ether oxygens (including phenoxy) is 1. The van der Waals surface area contributed by atoms with Crippen LogP contribution in [0.5, 0.6) is 5.75 Å². The molecule has 0 saturated carbocycles. The maximum atomic E-state index is 12.9. The van der Waals surface area contributed by atoms with E-state index in [0.717, 1.165) is 23.2 Å². The Morgan fingerprint density at radius 1 is 1.15 bits per heavy atom. The van der Waals surface area contributed by atoms with Crippen molar-refractivity contribution in [3.8, 4) is 5.75 Å². The van der Waals surface area contributed by atoms with Crippen LogP contribution in [0, 0.1) is 5.82 Å². The Morgan fingerprint density at radius 2 is 1.85 bits per heavy atom. The van der Waals surface area contributed by atoms with Gasteiger partial charge in [0.05, 0.1) is 6.61 Å². The molecular weight excluding hydrogens is 255 g/mol. The number of rotatable bonds is 6. The molecule has 104 valence electrons. The Labute approximate surface area is 118 Å². The Balaban J connectivity index is 2.22. The minimum Gasteiger partial charge on any atom is -0.494 e. The van der Waals surface area contributed by atoms with Crippen LogP contribution in [0.2, 0.25) is 0 Å². The molecule has 0 fully saturated rings. The van der Waals surface area contributed by atoms with Gasteiger partial charge in [0, 0.05) is 5.92 Å². The number of benzene rings is 2. The van der Waals surface area contributed by atoms with Crippen molar-refractivity contribution in [2.24, 2.45) is 0 Å². The van der Waals surface area contributed by atoms with E-state index in [1.807, 2.05) is 31.2 Å². The lowest BCUT2D eigenvalue weighted by molar-refractivity contribution is -0.109. The lowest BCUT2D eigenvalue weighted by Gasteiger charge is -2.14. The molecule has 0 aliphatic heterocycles. The first-order valence-corrected chi connectivity index (χ1v) is 6.66. The van der Waals surface area contributed by atoms with Crippen molar-refractivity contribution in [2.75, 3.05) is 6.61 Å². The minimum atomic E-state index is -0.298. The van der Waals surface area contributed by atoms with Gasteiger partial charge in [0.2, 0.25) is 0 Å². The van der Waals surface area contributed by atoms with Gasteiger partial charge in [-0.1, -0.05) is 30.3 Å². The molecule has 0 amide bonds. The zero-order valence-corrected chi connectivity index (χ0v) is 11.4. The zero-order valence-electron chi connectivity index (χ0n) is 11.4. The van der Waals surface area contributed by atoms with Gasteiger partial charge in [-0.3, -0.25) is 0 Å². The molecule has 0 aliphatic rings. The molecule has 0 saturated heterocycles. The van der Waals surface area contributed by atoms with E-state index in [1.54, 1.807) is 12.1 Å². The molecular formula is C17H17FO2. The summed E-state index contributed by atoms with van der Waals surface area (Å²) in [5.74, 6) is 0.203. The highest BCUT2D eigenvalue weighted by Crippen LogP contribution is 2.25. The molecule has 0 heterocycles. The van der Waals surface area contributed by atoms with Crippen LogP contribution in [0.4, 0.5) is 4.39 Å². The smallest absolute Gasteiger partial charge is 0.127 e. The first kappa shape index (κ1) is 14.3. The lowest BCUT2D eigenvalue weighted by Crippen LogP contribution is -2.06. The number of aldehydes is 1. The van der Waals surface area contributed by atoms with Crippen molar-refractivity contribution in [1.29, 1.82) is 0 Å². The second-order valence-corrected chi connectivity index (χ2v) is 4.54. The topological polar surface area (TPSA) is 26.3 Å². The van der Waals surface area contributed by atoms with Crippen LogP contribution in [-0.4, -0.2) is 12.9 Å². The summed E-state index contributed by atoms with van der Waals surface area (Å²) in [5.41, 5.74) is 1.79. The van der Waals surface area contributed by atoms with Gasteiger partial charge in [-0.05, 0) is 42.7 Å². The van der Waals surface area contributed by atoms with E-state index in [9.17, 15) is 9.18 Å². The molecule has 2 nitrogen and oxygen atoms in total. The standard InChI is InChI=1S/C17H17FO2/c1-2-20-17-6-4-3-5-14(17)11-15(12-19)13-7-9-16(18)10-8-13/h3-10,12,15H,2,11H2,1H3. The maximum absolute atomic E-state index is 12.9. The molecule has 0 aromatic heterocycles. The normalized spacial score (nSPS) is 11.9. The number of halogens is 1. The quantitative estimate of drug-likeness (QED) is 0.749. The Hall–Kier alpha value is -2.16. The molecule has 1 unspecified atom stereocenters. The molecule has 0 aliphatic carbocycles. The molecule has 20 heavy (non-hydrogen) atoms. The van der Waals surface area contributed by atoms with Crippen molar-refractivity contribution < 1.29 is 13.9 Å². The fourth-order valence-corrected chi connectivity index (χ4v) is 2.16. The van der Waals surface area contributed by atoms with Crippen LogP contribution in [0.1, 0.15) is 24.0 Å². The van der Waals surface area contributed by atoms with E-state index < -0.39 is 0 Å². The monoisotopic (exact) mass is 272 g/mol. The average molecular weight is 272 g/mol. The fourth-order valence-electron chi connectivity index (χ4n) is 2.16. The summed E-state index contributed by atoms with van der Waals surface area (Å²) >= 11 is 0. The van der Waals surface area contributed by atoms with Crippen molar-refractivity contribution >= 4 is 6.29 Å². The number of hydrogen-bond acceptors (Lipinski definition) is 2. The van der Waals surface area contributed by atoms with E-state index >= 15 is 0 Å². The van der Waals surface area contributed by atoms with Crippen LogP contribution in [0.25, 0.3) is 0 Å². The minimum absolute atomic E-state index is 0.294. The van der Waals surface area contributed by atoms with E-state index in [0.29, 0.717) is 13.0 Å². The predicted octanol–water partition coefficient (Wildman–Crippen LogP) is 3.75. The van der Waals surface area contributed by atoms with Crippen molar-refractivity contribution in [3.63, 3.8) is 0 Å². The fraction of sp³-hybridized carbons (Fsp3) is 0.235. The molecule has 2 aromatic rings. The van der Waals surface area contributed by atoms with Gasteiger partial charge in [-0.2, -0.15) is 0 Å². The zero-order chi connectivity index (χ0) is 14.4. The van der Waals surface area contributed by atoms with Crippen molar-refractivity contribution in [2.45, 2.75) is 19.3 Å². The van der Waals surface area contributed by atoms with Gasteiger partial charge in [-0.15, -0.1) is 0 Å². The SMILES string of the molecule is CCOc1ccccc1CC(C=O)c1ccc(F)cc1. The second-order valence-electron chi connectivity index (χ2n) is 4.54. The van der Waals surface area contributed by atoms with Crippen molar-refractivity contribution in [1.82, 2.24) is 0 Å². The second kappa shape index (κ2) is 6.85. The van der Waals surface area contributed by atoms with Gasteiger partial charge in [0.15, 0.2) is 0 Å². The largest absolute Gasteiger partial charge is 0.494 e. The lowest BCUT2D eigenvalue weighted by atomic mass is 9.93. The van der Waals surface area contributed by atoms with Crippen LogP contribution < -0.4 is 4.74 Å². The van der Waals surface area contributed by atoms with Gasteiger partial charge < -0.3 is 9.53 Å². The molecule has 0 bridgehead atoms. The highest BCUT2D eigenvalue weighted by Gasteiger charge is 2.14. The molecule has 0 spiro atoms. The molecule has 0 radical (unpaired) electrons. The van der Waals surface area contributed by atoms with Crippen LogP contribution in [-0.2, 0) is 11.2 Å². The van der Waals surface area contributed by atoms with Crippen LogP contribution in [0.15, 0.2) is 48.5 Å². The molecule has 2 rings (SSSR count). The molecule has 3 heteroatoms. The Bertz CT molecular complexity index is 563. The average Bonchev–Trinajstić information content (AvgIpc) is 2.48. The third-order valence-electron chi connectivity index (χ3n) is 3.17. The molecule has 2 aromatic carbocycles. The van der Waals surface area contributed by atoms with E-state index in [1.165, 1.54) is 12.1 Å². The molecule has 0 N–H and O–H groups in total. The first-order chi connectivity index (χ1) is 9.74. The number of para-hydroxylation sites is 1.